The molecule has 1 fully saturated rings. The molecule has 4 heteroatoms. The smallest absolute Gasteiger partial charge is 0.225 e. The lowest BCUT2D eigenvalue weighted by molar-refractivity contribution is -0.127. The summed E-state index contributed by atoms with van der Waals surface area (Å²) in [7, 11) is 0. The van der Waals surface area contributed by atoms with Crippen molar-refractivity contribution < 1.29 is 14.6 Å². The molecule has 0 aromatic carbocycles. The van der Waals surface area contributed by atoms with Gasteiger partial charge in [0.05, 0.1) is 18.1 Å². The first-order valence-corrected chi connectivity index (χ1v) is 6.83. The zero-order chi connectivity index (χ0) is 13.9. The predicted molar refractivity (Wildman–Crippen MR) is 71.2 cm³/mol. The van der Waals surface area contributed by atoms with Crippen molar-refractivity contribution in [3.05, 3.63) is 0 Å². The minimum absolute atomic E-state index is 0.00290. The van der Waals surface area contributed by atoms with Gasteiger partial charge in [-0.3, -0.25) is 4.79 Å². The topological polar surface area (TPSA) is 58.6 Å². The number of ether oxygens (including phenoxy) is 1. The second-order valence-corrected chi connectivity index (χ2v) is 6.37. The highest BCUT2D eigenvalue weighted by Crippen LogP contribution is 2.26. The molecule has 106 valence electrons. The van der Waals surface area contributed by atoms with Crippen LogP contribution < -0.4 is 5.32 Å². The third-order valence-electron chi connectivity index (χ3n) is 3.86. The fourth-order valence-corrected chi connectivity index (χ4v) is 2.53. The highest BCUT2D eigenvalue weighted by atomic mass is 16.5. The van der Waals surface area contributed by atoms with Crippen molar-refractivity contribution in [2.75, 3.05) is 13.2 Å². The van der Waals surface area contributed by atoms with Crippen LogP contribution in [0.15, 0.2) is 0 Å². The number of hydrogen-bond donors (Lipinski definition) is 2. The van der Waals surface area contributed by atoms with Crippen molar-refractivity contribution >= 4 is 5.91 Å². The Kier molecular flexibility index (Phi) is 5.17. The van der Waals surface area contributed by atoms with E-state index in [4.69, 9.17) is 4.74 Å². The fourth-order valence-electron chi connectivity index (χ4n) is 2.53. The van der Waals surface area contributed by atoms with Crippen LogP contribution in [0.5, 0.6) is 0 Å². The van der Waals surface area contributed by atoms with Crippen LogP contribution in [0.4, 0.5) is 0 Å². The van der Waals surface area contributed by atoms with Crippen LogP contribution in [0.3, 0.4) is 0 Å². The van der Waals surface area contributed by atoms with Gasteiger partial charge in [0.2, 0.25) is 5.91 Å². The Morgan fingerprint density at radius 2 is 2.11 bits per heavy atom. The maximum absolute atomic E-state index is 12.0. The van der Waals surface area contributed by atoms with Gasteiger partial charge in [-0.25, -0.2) is 0 Å². The van der Waals surface area contributed by atoms with Crippen molar-refractivity contribution in [1.29, 1.82) is 0 Å². The SMILES string of the molecule is CC(C)C(O)C(C)(C)CNC(=O)C1CCOC1C. The molecule has 0 aromatic heterocycles. The lowest BCUT2D eigenvalue weighted by atomic mass is 9.80. The van der Waals surface area contributed by atoms with Crippen LogP contribution >= 0.6 is 0 Å². The summed E-state index contributed by atoms with van der Waals surface area (Å²) < 4.78 is 5.39. The number of rotatable bonds is 5. The molecule has 3 unspecified atom stereocenters. The van der Waals surface area contributed by atoms with Crippen molar-refractivity contribution in [3.8, 4) is 0 Å². The third-order valence-corrected chi connectivity index (χ3v) is 3.86. The number of amides is 1. The van der Waals surface area contributed by atoms with Gasteiger partial charge >= 0.3 is 0 Å². The van der Waals surface area contributed by atoms with Gasteiger partial charge in [0.1, 0.15) is 0 Å². The van der Waals surface area contributed by atoms with E-state index in [0.29, 0.717) is 13.2 Å². The molecule has 2 N–H and O–H groups in total. The standard InChI is InChI=1S/C14H27NO3/c1-9(2)12(16)14(4,5)8-15-13(17)11-6-7-18-10(11)3/h9-12,16H,6-8H2,1-5H3,(H,15,17). The van der Waals surface area contributed by atoms with E-state index in [-0.39, 0.29) is 29.3 Å². The van der Waals surface area contributed by atoms with Crippen molar-refractivity contribution in [2.24, 2.45) is 17.3 Å². The Bertz CT molecular complexity index is 289. The van der Waals surface area contributed by atoms with Crippen molar-refractivity contribution in [1.82, 2.24) is 5.32 Å². The number of hydrogen-bond acceptors (Lipinski definition) is 3. The Balaban J connectivity index is 2.46. The van der Waals surface area contributed by atoms with E-state index in [9.17, 15) is 9.90 Å². The molecule has 0 radical (unpaired) electrons. The second kappa shape index (κ2) is 6.02. The fraction of sp³-hybridized carbons (Fsp3) is 0.929. The Morgan fingerprint density at radius 1 is 1.50 bits per heavy atom. The van der Waals surface area contributed by atoms with Crippen LogP contribution in [-0.2, 0) is 9.53 Å². The molecule has 0 bridgehead atoms. The van der Waals surface area contributed by atoms with E-state index >= 15 is 0 Å². The lowest BCUT2D eigenvalue weighted by Gasteiger charge is -2.33. The van der Waals surface area contributed by atoms with E-state index in [2.05, 4.69) is 5.32 Å². The number of nitrogens with one attached hydrogen (secondary N) is 1. The molecule has 1 rings (SSSR count). The number of carbonyl (C=O) groups is 1. The van der Waals surface area contributed by atoms with E-state index in [1.165, 1.54) is 0 Å². The van der Waals surface area contributed by atoms with E-state index in [1.54, 1.807) is 0 Å². The van der Waals surface area contributed by atoms with Crippen LogP contribution in [0, 0.1) is 17.3 Å². The van der Waals surface area contributed by atoms with Crippen LogP contribution in [0.1, 0.15) is 41.0 Å². The monoisotopic (exact) mass is 257 g/mol. The Labute approximate surface area is 110 Å². The maximum Gasteiger partial charge on any atom is 0.225 e. The van der Waals surface area contributed by atoms with Gasteiger partial charge in [0.25, 0.3) is 0 Å². The molecule has 1 heterocycles. The van der Waals surface area contributed by atoms with E-state index < -0.39 is 6.10 Å². The second-order valence-electron chi connectivity index (χ2n) is 6.37. The molecule has 18 heavy (non-hydrogen) atoms. The molecule has 1 amide bonds. The van der Waals surface area contributed by atoms with Gasteiger partial charge in [0.15, 0.2) is 0 Å². The van der Waals surface area contributed by atoms with Crippen LogP contribution in [-0.4, -0.2) is 36.4 Å². The summed E-state index contributed by atoms with van der Waals surface area (Å²) in [6, 6.07) is 0. The van der Waals surface area contributed by atoms with Crippen LogP contribution in [0.2, 0.25) is 0 Å². The summed E-state index contributed by atoms with van der Waals surface area (Å²) in [5, 5.41) is 13.1. The first-order chi connectivity index (χ1) is 8.25. The Morgan fingerprint density at radius 3 is 2.56 bits per heavy atom. The molecule has 4 nitrogen and oxygen atoms in total. The molecule has 0 saturated carbocycles. The highest BCUT2D eigenvalue weighted by Gasteiger charge is 2.34. The summed E-state index contributed by atoms with van der Waals surface area (Å²) in [5.74, 6) is 0.187. The summed E-state index contributed by atoms with van der Waals surface area (Å²) >= 11 is 0. The highest BCUT2D eigenvalue weighted by molar-refractivity contribution is 5.79. The average molecular weight is 257 g/mol. The number of carbonyl (C=O) groups excluding carboxylic acids is 1. The zero-order valence-corrected chi connectivity index (χ0v) is 12.2. The molecular weight excluding hydrogens is 230 g/mol. The molecule has 3 atom stereocenters. The van der Waals surface area contributed by atoms with Gasteiger partial charge in [0, 0.05) is 18.6 Å². The summed E-state index contributed by atoms with van der Waals surface area (Å²) in [6.45, 7) is 11.0. The largest absolute Gasteiger partial charge is 0.392 e. The van der Waals surface area contributed by atoms with Gasteiger partial charge < -0.3 is 15.2 Å². The van der Waals surface area contributed by atoms with E-state index in [0.717, 1.165) is 6.42 Å². The molecule has 0 aliphatic carbocycles. The zero-order valence-electron chi connectivity index (χ0n) is 12.2. The van der Waals surface area contributed by atoms with Crippen molar-refractivity contribution in [2.45, 2.75) is 53.2 Å². The maximum atomic E-state index is 12.0. The summed E-state index contributed by atoms with van der Waals surface area (Å²) in [6.07, 6.45) is 0.373. The van der Waals surface area contributed by atoms with Crippen LogP contribution in [0.25, 0.3) is 0 Å². The quantitative estimate of drug-likeness (QED) is 0.786. The molecule has 0 spiro atoms. The molecule has 1 aliphatic rings. The Hall–Kier alpha value is -0.610. The first kappa shape index (κ1) is 15.4. The van der Waals surface area contributed by atoms with E-state index in [1.807, 2.05) is 34.6 Å². The van der Waals surface area contributed by atoms with Gasteiger partial charge in [-0.2, -0.15) is 0 Å². The summed E-state index contributed by atoms with van der Waals surface area (Å²) in [4.78, 5) is 12.0. The first-order valence-electron chi connectivity index (χ1n) is 6.83. The predicted octanol–water partition coefficient (Wildman–Crippen LogP) is 1.57. The minimum atomic E-state index is -0.421. The minimum Gasteiger partial charge on any atom is -0.392 e. The van der Waals surface area contributed by atoms with Crippen molar-refractivity contribution in [3.63, 3.8) is 0 Å². The summed E-state index contributed by atoms with van der Waals surface area (Å²) in [5.41, 5.74) is -0.313. The normalized spacial score (nSPS) is 26.4. The molecular formula is C14H27NO3. The van der Waals surface area contributed by atoms with Gasteiger partial charge in [-0.1, -0.05) is 27.7 Å². The number of aliphatic hydroxyl groups excluding tert-OH is 1. The molecule has 1 aliphatic heterocycles. The van der Waals surface area contributed by atoms with Gasteiger partial charge in [-0.15, -0.1) is 0 Å². The van der Waals surface area contributed by atoms with Gasteiger partial charge in [-0.05, 0) is 19.3 Å². The third kappa shape index (κ3) is 3.69. The molecule has 1 saturated heterocycles. The average Bonchev–Trinajstić information content (AvgIpc) is 2.71. The number of aliphatic hydroxyl groups is 1. The lowest BCUT2D eigenvalue weighted by Crippen LogP contribution is -2.45. The molecule has 0 aromatic rings.